The van der Waals surface area contributed by atoms with Crippen LogP contribution < -0.4 is 0 Å². The third-order valence-corrected chi connectivity index (χ3v) is 4.08. The van der Waals surface area contributed by atoms with E-state index in [0.29, 0.717) is 16.6 Å². The zero-order chi connectivity index (χ0) is 14.8. The van der Waals surface area contributed by atoms with E-state index in [1.54, 1.807) is 6.20 Å². The first-order valence-electron chi connectivity index (χ1n) is 6.81. The highest BCUT2D eigenvalue weighted by atomic mass is 79.9. The van der Waals surface area contributed by atoms with Crippen LogP contribution in [0.2, 0.25) is 0 Å². The van der Waals surface area contributed by atoms with E-state index in [1.807, 2.05) is 23.1 Å². The molecule has 1 aliphatic carbocycles. The van der Waals surface area contributed by atoms with Crippen LogP contribution >= 0.6 is 15.9 Å². The molecule has 1 aromatic heterocycles. The van der Waals surface area contributed by atoms with Gasteiger partial charge in [-0.05, 0) is 59.1 Å². The van der Waals surface area contributed by atoms with E-state index in [9.17, 15) is 9.18 Å². The Labute approximate surface area is 130 Å². The van der Waals surface area contributed by atoms with Crippen LogP contribution in [0.4, 0.5) is 4.39 Å². The van der Waals surface area contributed by atoms with Crippen LogP contribution in [0, 0.1) is 5.82 Å². The van der Waals surface area contributed by atoms with Gasteiger partial charge < -0.3 is 4.90 Å². The van der Waals surface area contributed by atoms with Gasteiger partial charge in [0.2, 0.25) is 0 Å². The summed E-state index contributed by atoms with van der Waals surface area (Å²) in [6.45, 7) is 0.485. The Balaban J connectivity index is 1.83. The Kier molecular flexibility index (Phi) is 4.01. The zero-order valence-electron chi connectivity index (χ0n) is 11.3. The smallest absolute Gasteiger partial charge is 0.254 e. The Hall–Kier alpha value is -1.75. The first-order valence-corrected chi connectivity index (χ1v) is 7.60. The maximum atomic E-state index is 13.3. The number of pyridine rings is 1. The molecule has 1 fully saturated rings. The van der Waals surface area contributed by atoms with Crippen molar-refractivity contribution in [2.45, 2.75) is 25.4 Å². The topological polar surface area (TPSA) is 33.2 Å². The molecule has 3 rings (SSSR count). The second-order valence-electron chi connectivity index (χ2n) is 5.11. The zero-order valence-corrected chi connectivity index (χ0v) is 12.9. The average Bonchev–Trinajstić information content (AvgIpc) is 3.33. The summed E-state index contributed by atoms with van der Waals surface area (Å²) in [5.74, 6) is -0.446. The maximum absolute atomic E-state index is 13.3. The molecule has 1 aromatic carbocycles. The van der Waals surface area contributed by atoms with Gasteiger partial charge in [0.1, 0.15) is 5.82 Å². The van der Waals surface area contributed by atoms with Gasteiger partial charge in [0.25, 0.3) is 5.91 Å². The maximum Gasteiger partial charge on any atom is 0.254 e. The number of halogens is 2. The van der Waals surface area contributed by atoms with E-state index < -0.39 is 0 Å². The van der Waals surface area contributed by atoms with Crippen molar-refractivity contribution in [2.24, 2.45) is 0 Å². The molecule has 0 atom stereocenters. The highest BCUT2D eigenvalue weighted by Gasteiger charge is 2.33. The molecule has 0 saturated heterocycles. The molecule has 2 aromatic rings. The van der Waals surface area contributed by atoms with Crippen LogP contribution in [0.1, 0.15) is 28.9 Å². The summed E-state index contributed by atoms with van der Waals surface area (Å²) < 4.78 is 13.6. The van der Waals surface area contributed by atoms with Crippen LogP contribution in [0.3, 0.4) is 0 Å². The molecule has 1 aliphatic rings. The van der Waals surface area contributed by atoms with Crippen LogP contribution in [0.15, 0.2) is 47.1 Å². The predicted octanol–water partition coefficient (Wildman–Crippen LogP) is 3.79. The fourth-order valence-electron chi connectivity index (χ4n) is 2.21. The van der Waals surface area contributed by atoms with Crippen molar-refractivity contribution in [3.63, 3.8) is 0 Å². The van der Waals surface area contributed by atoms with Crippen molar-refractivity contribution in [3.8, 4) is 0 Å². The fourth-order valence-corrected chi connectivity index (χ4v) is 2.59. The van der Waals surface area contributed by atoms with E-state index in [2.05, 4.69) is 20.9 Å². The molecule has 1 heterocycles. The second-order valence-corrected chi connectivity index (χ2v) is 5.97. The number of carbonyl (C=O) groups excluding carboxylic acids is 1. The van der Waals surface area contributed by atoms with Gasteiger partial charge in [0.05, 0.1) is 16.7 Å². The average molecular weight is 349 g/mol. The van der Waals surface area contributed by atoms with Crippen LogP contribution in [0.5, 0.6) is 0 Å². The lowest BCUT2D eigenvalue weighted by molar-refractivity contribution is 0.0727. The number of aromatic nitrogens is 1. The highest BCUT2D eigenvalue weighted by Crippen LogP contribution is 2.30. The molecule has 0 N–H and O–H groups in total. The number of nitrogens with zero attached hydrogens (tertiary/aromatic N) is 2. The van der Waals surface area contributed by atoms with Gasteiger partial charge >= 0.3 is 0 Å². The third kappa shape index (κ3) is 3.29. The van der Waals surface area contributed by atoms with E-state index in [-0.39, 0.29) is 17.8 Å². The van der Waals surface area contributed by atoms with Gasteiger partial charge in [-0.1, -0.05) is 6.07 Å². The summed E-state index contributed by atoms with van der Waals surface area (Å²) in [7, 11) is 0. The molecule has 0 spiro atoms. The van der Waals surface area contributed by atoms with Gasteiger partial charge in [-0.15, -0.1) is 0 Å². The lowest BCUT2D eigenvalue weighted by Gasteiger charge is -2.22. The van der Waals surface area contributed by atoms with Gasteiger partial charge in [0.15, 0.2) is 0 Å². The summed E-state index contributed by atoms with van der Waals surface area (Å²) in [5, 5.41) is 0. The summed E-state index contributed by atoms with van der Waals surface area (Å²) in [5.41, 5.74) is 1.35. The van der Waals surface area contributed by atoms with Gasteiger partial charge in [-0.25, -0.2) is 4.39 Å². The van der Waals surface area contributed by atoms with E-state index in [0.717, 1.165) is 18.5 Å². The van der Waals surface area contributed by atoms with Crippen molar-refractivity contribution in [3.05, 3.63) is 64.1 Å². The van der Waals surface area contributed by atoms with Crippen molar-refractivity contribution in [1.82, 2.24) is 9.88 Å². The van der Waals surface area contributed by atoms with E-state index in [4.69, 9.17) is 0 Å². The van der Waals surface area contributed by atoms with E-state index in [1.165, 1.54) is 18.2 Å². The SMILES string of the molecule is O=C(c1ccc(F)c(Br)c1)N(Cc1ccccn1)C1CC1. The summed E-state index contributed by atoms with van der Waals surface area (Å²) in [6, 6.07) is 10.3. The lowest BCUT2D eigenvalue weighted by Crippen LogP contribution is -2.32. The Morgan fingerprint density at radius 2 is 2.14 bits per heavy atom. The molecule has 5 heteroatoms. The Morgan fingerprint density at radius 3 is 2.76 bits per heavy atom. The molecule has 0 aliphatic heterocycles. The van der Waals surface area contributed by atoms with Gasteiger partial charge in [0, 0.05) is 17.8 Å². The summed E-state index contributed by atoms with van der Waals surface area (Å²) in [6.07, 6.45) is 3.75. The van der Waals surface area contributed by atoms with Crippen molar-refractivity contribution < 1.29 is 9.18 Å². The molecule has 21 heavy (non-hydrogen) atoms. The first kappa shape index (κ1) is 14.2. The normalized spacial score (nSPS) is 14.0. The lowest BCUT2D eigenvalue weighted by atomic mass is 10.2. The highest BCUT2D eigenvalue weighted by molar-refractivity contribution is 9.10. The summed E-state index contributed by atoms with van der Waals surface area (Å²) >= 11 is 3.12. The molecule has 0 bridgehead atoms. The quantitative estimate of drug-likeness (QED) is 0.842. The molecule has 108 valence electrons. The number of amides is 1. The van der Waals surface area contributed by atoms with Crippen molar-refractivity contribution in [1.29, 1.82) is 0 Å². The molecule has 0 unspecified atom stereocenters. The molecular weight excluding hydrogens is 335 g/mol. The molecule has 0 radical (unpaired) electrons. The number of rotatable bonds is 4. The third-order valence-electron chi connectivity index (χ3n) is 3.47. The number of carbonyl (C=O) groups is 1. The molecule has 1 saturated carbocycles. The summed E-state index contributed by atoms with van der Waals surface area (Å²) in [4.78, 5) is 18.7. The number of benzene rings is 1. The molecular formula is C16H14BrFN2O. The minimum Gasteiger partial charge on any atom is -0.330 e. The fraction of sp³-hybridized carbons (Fsp3) is 0.250. The largest absolute Gasteiger partial charge is 0.330 e. The van der Waals surface area contributed by atoms with Crippen LogP contribution in [-0.4, -0.2) is 21.8 Å². The standard InChI is InChI=1S/C16H14BrFN2O/c17-14-9-11(4-7-15(14)18)16(21)20(13-5-6-13)10-12-3-1-2-8-19-12/h1-4,7-9,13H,5-6,10H2. The minimum absolute atomic E-state index is 0.0798. The number of hydrogen-bond acceptors (Lipinski definition) is 2. The van der Waals surface area contributed by atoms with Crippen molar-refractivity contribution >= 4 is 21.8 Å². The second kappa shape index (κ2) is 5.93. The minimum atomic E-state index is -0.366. The predicted molar refractivity (Wildman–Crippen MR) is 81.2 cm³/mol. The first-order chi connectivity index (χ1) is 10.1. The van der Waals surface area contributed by atoms with Crippen LogP contribution in [0.25, 0.3) is 0 Å². The molecule has 1 amide bonds. The Morgan fingerprint density at radius 1 is 1.33 bits per heavy atom. The number of hydrogen-bond donors (Lipinski definition) is 0. The molecule has 3 nitrogen and oxygen atoms in total. The van der Waals surface area contributed by atoms with Crippen molar-refractivity contribution in [2.75, 3.05) is 0 Å². The van der Waals surface area contributed by atoms with Crippen LogP contribution in [-0.2, 0) is 6.54 Å². The Bertz CT molecular complexity index is 659. The van der Waals surface area contributed by atoms with Gasteiger partial charge in [-0.3, -0.25) is 9.78 Å². The monoisotopic (exact) mass is 348 g/mol. The van der Waals surface area contributed by atoms with Gasteiger partial charge in [-0.2, -0.15) is 0 Å². The van der Waals surface area contributed by atoms with E-state index >= 15 is 0 Å².